The van der Waals surface area contributed by atoms with E-state index < -0.39 is 10.9 Å². The van der Waals surface area contributed by atoms with E-state index in [1.807, 2.05) is 0 Å². The molecule has 0 bridgehead atoms. The minimum Gasteiger partial charge on any atom is -0.454 e. The molecule has 8 nitrogen and oxygen atoms in total. The van der Waals surface area contributed by atoms with Gasteiger partial charge in [-0.05, 0) is 24.6 Å². The van der Waals surface area contributed by atoms with E-state index in [1.165, 1.54) is 12.1 Å². The highest BCUT2D eigenvalue weighted by molar-refractivity contribution is 5.95. The molecule has 8 heteroatoms. The molecule has 0 radical (unpaired) electrons. The molecule has 126 valence electrons. The number of aromatic nitrogens is 2. The number of carbonyl (C=O) groups is 1. The lowest BCUT2D eigenvalue weighted by Gasteiger charge is -2.08. The smallest absolute Gasteiger partial charge is 0.345 e. The molecule has 2 aromatic carbocycles. The lowest BCUT2D eigenvalue weighted by molar-refractivity contribution is -0.385. The Bertz CT molecular complexity index is 1040. The molecule has 3 rings (SSSR count). The molecule has 25 heavy (non-hydrogen) atoms. The molecule has 0 atom stereocenters. The van der Waals surface area contributed by atoms with E-state index in [2.05, 4.69) is 9.97 Å². The van der Waals surface area contributed by atoms with E-state index in [9.17, 15) is 19.7 Å². The monoisotopic (exact) mass is 339 g/mol. The molecule has 0 saturated heterocycles. The number of para-hydroxylation sites is 1. The normalized spacial score (nSPS) is 10.6. The molecular weight excluding hydrogens is 326 g/mol. The van der Waals surface area contributed by atoms with E-state index in [0.717, 1.165) is 0 Å². The number of rotatable bonds is 4. The fourth-order valence-electron chi connectivity index (χ4n) is 2.48. The first-order valence-corrected chi connectivity index (χ1v) is 7.36. The van der Waals surface area contributed by atoms with Crippen molar-refractivity contribution >= 4 is 22.6 Å². The number of nitro benzene ring substituents is 1. The van der Waals surface area contributed by atoms with Crippen molar-refractivity contribution in [1.29, 1.82) is 0 Å². The van der Waals surface area contributed by atoms with Crippen LogP contribution in [0, 0.1) is 17.0 Å². The Kier molecular flexibility index (Phi) is 4.25. The van der Waals surface area contributed by atoms with Gasteiger partial charge in [-0.25, -0.2) is 9.78 Å². The van der Waals surface area contributed by atoms with E-state index in [0.29, 0.717) is 16.5 Å². The van der Waals surface area contributed by atoms with Gasteiger partial charge < -0.3 is 9.72 Å². The number of benzene rings is 2. The predicted octanol–water partition coefficient (Wildman–Crippen LogP) is 2.50. The van der Waals surface area contributed by atoms with Crippen LogP contribution in [0.5, 0.6) is 0 Å². The number of aryl methyl sites for hydroxylation is 1. The third-order valence-electron chi connectivity index (χ3n) is 3.65. The van der Waals surface area contributed by atoms with Gasteiger partial charge in [0, 0.05) is 6.07 Å². The number of fused-ring (bicyclic) bond motifs is 1. The summed E-state index contributed by atoms with van der Waals surface area (Å²) in [6, 6.07) is 11.1. The van der Waals surface area contributed by atoms with Gasteiger partial charge in [0.15, 0.2) is 0 Å². The molecule has 0 unspecified atom stereocenters. The van der Waals surface area contributed by atoms with Gasteiger partial charge in [-0.15, -0.1) is 0 Å². The number of hydrogen-bond acceptors (Lipinski definition) is 6. The Morgan fingerprint density at radius 3 is 2.76 bits per heavy atom. The second-order valence-corrected chi connectivity index (χ2v) is 5.33. The number of ether oxygens (including phenoxy) is 1. The highest BCUT2D eigenvalue weighted by Crippen LogP contribution is 2.23. The van der Waals surface area contributed by atoms with Gasteiger partial charge in [0.2, 0.25) is 0 Å². The van der Waals surface area contributed by atoms with Gasteiger partial charge in [-0.1, -0.05) is 24.3 Å². The number of esters is 1. The minimum atomic E-state index is -0.847. The Balaban J connectivity index is 1.87. The summed E-state index contributed by atoms with van der Waals surface area (Å²) < 4.78 is 5.11. The summed E-state index contributed by atoms with van der Waals surface area (Å²) >= 11 is 0. The molecule has 1 N–H and O–H groups in total. The summed E-state index contributed by atoms with van der Waals surface area (Å²) in [5.74, 6) is -0.686. The minimum absolute atomic E-state index is 0.115. The highest BCUT2D eigenvalue weighted by Gasteiger charge is 2.23. The molecule has 0 saturated carbocycles. The number of nitro groups is 1. The largest absolute Gasteiger partial charge is 0.454 e. The number of aromatic amines is 1. The van der Waals surface area contributed by atoms with Crippen molar-refractivity contribution < 1.29 is 14.5 Å². The van der Waals surface area contributed by atoms with Crippen LogP contribution < -0.4 is 5.56 Å². The van der Waals surface area contributed by atoms with Crippen molar-refractivity contribution in [3.8, 4) is 0 Å². The summed E-state index contributed by atoms with van der Waals surface area (Å²) in [6.45, 7) is 1.28. The molecular formula is C17H13N3O5. The number of carbonyl (C=O) groups excluding carboxylic acids is 1. The summed E-state index contributed by atoms with van der Waals surface area (Å²) in [4.78, 5) is 41.4. The number of hydrogen-bond donors (Lipinski definition) is 1. The predicted molar refractivity (Wildman–Crippen MR) is 89.3 cm³/mol. The van der Waals surface area contributed by atoms with Gasteiger partial charge in [-0.2, -0.15) is 0 Å². The maximum atomic E-state index is 12.3. The topological polar surface area (TPSA) is 115 Å². The third-order valence-corrected chi connectivity index (χ3v) is 3.65. The zero-order valence-electron chi connectivity index (χ0n) is 13.2. The summed E-state index contributed by atoms with van der Waals surface area (Å²) in [5, 5.41) is 11.5. The van der Waals surface area contributed by atoms with Crippen molar-refractivity contribution in [2.75, 3.05) is 0 Å². The van der Waals surface area contributed by atoms with Crippen LogP contribution in [0.4, 0.5) is 5.69 Å². The van der Waals surface area contributed by atoms with Crippen LogP contribution in [0.25, 0.3) is 10.9 Å². The van der Waals surface area contributed by atoms with Crippen molar-refractivity contribution in [3.05, 3.63) is 79.9 Å². The molecule has 0 spiro atoms. The Morgan fingerprint density at radius 2 is 2.00 bits per heavy atom. The molecule has 0 fully saturated rings. The van der Waals surface area contributed by atoms with Crippen molar-refractivity contribution in [2.24, 2.45) is 0 Å². The van der Waals surface area contributed by atoms with Gasteiger partial charge in [0.05, 0.1) is 15.8 Å². The molecule has 0 amide bonds. The molecule has 0 aliphatic heterocycles. The Morgan fingerprint density at radius 1 is 1.24 bits per heavy atom. The first-order valence-electron chi connectivity index (χ1n) is 7.36. The summed E-state index contributed by atoms with van der Waals surface area (Å²) in [5.41, 5.74) is 0.109. The number of nitrogens with zero attached hydrogens (tertiary/aromatic N) is 2. The van der Waals surface area contributed by atoms with Crippen molar-refractivity contribution in [1.82, 2.24) is 9.97 Å². The lowest BCUT2D eigenvalue weighted by atomic mass is 10.1. The summed E-state index contributed by atoms with van der Waals surface area (Å²) in [6.07, 6.45) is 0. The Hall–Kier alpha value is -3.55. The van der Waals surface area contributed by atoms with Crippen molar-refractivity contribution in [2.45, 2.75) is 13.5 Å². The number of H-pyrrole nitrogens is 1. The fraction of sp³-hybridized carbons (Fsp3) is 0.118. The van der Waals surface area contributed by atoms with E-state index >= 15 is 0 Å². The maximum Gasteiger partial charge on any atom is 0.345 e. The zero-order chi connectivity index (χ0) is 18.0. The van der Waals surface area contributed by atoms with E-state index in [1.54, 1.807) is 37.3 Å². The molecule has 0 aliphatic rings. The van der Waals surface area contributed by atoms with Crippen LogP contribution in [-0.2, 0) is 11.3 Å². The molecule has 3 aromatic rings. The van der Waals surface area contributed by atoms with Gasteiger partial charge in [-0.3, -0.25) is 14.9 Å². The standard InChI is InChI=1S/C17H13N3O5/c1-10-5-4-8-13(20(23)24)15(10)17(22)25-9-14-18-12-7-3-2-6-11(12)16(21)19-14/h2-8H,9H2,1H3,(H,18,19,21). The van der Waals surface area contributed by atoms with Crippen LogP contribution in [0.2, 0.25) is 0 Å². The van der Waals surface area contributed by atoms with Gasteiger partial charge in [0.1, 0.15) is 18.0 Å². The van der Waals surface area contributed by atoms with E-state index in [-0.39, 0.29) is 29.2 Å². The quantitative estimate of drug-likeness (QED) is 0.443. The van der Waals surface area contributed by atoms with Crippen molar-refractivity contribution in [3.63, 3.8) is 0 Å². The van der Waals surface area contributed by atoms with Crippen LogP contribution in [0.1, 0.15) is 21.7 Å². The molecule has 1 aromatic heterocycles. The zero-order valence-corrected chi connectivity index (χ0v) is 13.2. The Labute approximate surface area is 141 Å². The number of nitrogens with one attached hydrogen (secondary N) is 1. The summed E-state index contributed by atoms with van der Waals surface area (Å²) in [7, 11) is 0. The fourth-order valence-corrected chi connectivity index (χ4v) is 2.48. The van der Waals surface area contributed by atoms with Crippen LogP contribution in [0.15, 0.2) is 47.3 Å². The lowest BCUT2D eigenvalue weighted by Crippen LogP contribution is -2.15. The van der Waals surface area contributed by atoms with Crippen LogP contribution >= 0.6 is 0 Å². The van der Waals surface area contributed by atoms with Gasteiger partial charge >= 0.3 is 5.97 Å². The molecule has 0 aliphatic carbocycles. The average Bonchev–Trinajstić information content (AvgIpc) is 2.59. The average molecular weight is 339 g/mol. The second-order valence-electron chi connectivity index (χ2n) is 5.33. The SMILES string of the molecule is Cc1cccc([N+](=O)[O-])c1C(=O)OCc1nc2ccccc2c(=O)[nH]1. The van der Waals surface area contributed by atoms with Gasteiger partial charge in [0.25, 0.3) is 11.2 Å². The highest BCUT2D eigenvalue weighted by atomic mass is 16.6. The molecule has 1 heterocycles. The van der Waals surface area contributed by atoms with Crippen LogP contribution in [-0.4, -0.2) is 20.9 Å². The van der Waals surface area contributed by atoms with Crippen LogP contribution in [0.3, 0.4) is 0 Å². The van der Waals surface area contributed by atoms with E-state index in [4.69, 9.17) is 4.74 Å². The first kappa shape index (κ1) is 16.3. The first-order chi connectivity index (χ1) is 12.0. The maximum absolute atomic E-state index is 12.3. The third kappa shape index (κ3) is 3.23. The second kappa shape index (κ2) is 6.52.